The van der Waals surface area contributed by atoms with E-state index in [2.05, 4.69) is 25.7 Å². The third-order valence-corrected chi connectivity index (χ3v) is 9.11. The highest BCUT2D eigenvalue weighted by Gasteiger charge is 2.69. The van der Waals surface area contributed by atoms with Gasteiger partial charge in [0.25, 0.3) is 0 Å². The van der Waals surface area contributed by atoms with Crippen LogP contribution in [0.2, 0.25) is 0 Å². The summed E-state index contributed by atoms with van der Waals surface area (Å²) in [4.78, 5) is 72.2. The zero-order valence-electron chi connectivity index (χ0n) is 24.4. The van der Waals surface area contributed by atoms with E-state index >= 15 is 0 Å². The molecular formula is C29H40N4O7. The van der Waals surface area contributed by atoms with E-state index in [1.807, 2.05) is 26.0 Å². The molecule has 218 valence electrons. The molecule has 2 saturated carbocycles. The zero-order valence-corrected chi connectivity index (χ0v) is 24.4. The van der Waals surface area contributed by atoms with Crippen LogP contribution in [0.25, 0.3) is 0 Å². The van der Waals surface area contributed by atoms with Gasteiger partial charge in [0.1, 0.15) is 5.75 Å². The SMILES string of the molecule is CN(C)c1c(CN(C)C(C)(C)C)cc(O)c2c1C[C@H]1C[C@H]3[C@H](N(C)C)C(=O)C(C(N)=O)C(=O)[C@@]3(O)C(=O)C1C2=O. The van der Waals surface area contributed by atoms with Crippen molar-refractivity contribution in [2.24, 2.45) is 29.4 Å². The van der Waals surface area contributed by atoms with E-state index in [4.69, 9.17) is 5.73 Å². The van der Waals surface area contributed by atoms with Crippen molar-refractivity contribution >= 4 is 34.7 Å². The Labute approximate surface area is 234 Å². The number of aromatic hydroxyl groups is 1. The minimum Gasteiger partial charge on any atom is -0.507 e. The van der Waals surface area contributed by atoms with Crippen LogP contribution in [0.1, 0.15) is 48.7 Å². The minimum absolute atomic E-state index is 0.00235. The highest BCUT2D eigenvalue weighted by Crippen LogP contribution is 2.52. The Hall–Kier alpha value is -3.15. The Bertz CT molecular complexity index is 1310. The molecule has 2 unspecified atom stereocenters. The van der Waals surface area contributed by atoms with E-state index < -0.39 is 64.4 Å². The molecule has 1 aromatic rings. The molecule has 6 atom stereocenters. The lowest BCUT2D eigenvalue weighted by Gasteiger charge is -2.52. The number of phenolic OH excluding ortho intramolecular Hbond substituents is 1. The number of hydrogen-bond acceptors (Lipinski definition) is 10. The summed E-state index contributed by atoms with van der Waals surface area (Å²) in [6.07, 6.45) is 0.240. The third kappa shape index (κ3) is 4.26. The maximum absolute atomic E-state index is 14.0. The monoisotopic (exact) mass is 556 g/mol. The van der Waals surface area contributed by atoms with Gasteiger partial charge in [0.15, 0.2) is 34.7 Å². The van der Waals surface area contributed by atoms with E-state index in [0.717, 1.165) is 11.3 Å². The number of benzene rings is 1. The average molecular weight is 557 g/mol. The van der Waals surface area contributed by atoms with E-state index in [9.17, 15) is 34.2 Å². The maximum atomic E-state index is 14.0. The molecule has 40 heavy (non-hydrogen) atoms. The van der Waals surface area contributed by atoms with Crippen LogP contribution in [-0.2, 0) is 32.1 Å². The Balaban J connectivity index is 1.87. The average Bonchev–Trinajstić information content (AvgIpc) is 2.79. The number of ketones is 4. The number of aliphatic hydroxyl groups is 1. The van der Waals surface area contributed by atoms with Gasteiger partial charge in [-0.05, 0) is 77.9 Å². The molecule has 3 aliphatic rings. The van der Waals surface area contributed by atoms with E-state index in [1.165, 1.54) is 11.0 Å². The Morgan fingerprint density at radius 1 is 1.07 bits per heavy atom. The number of primary amides is 1. The van der Waals surface area contributed by atoms with Crippen molar-refractivity contribution in [3.05, 3.63) is 22.8 Å². The molecule has 3 aliphatic carbocycles. The summed E-state index contributed by atoms with van der Waals surface area (Å²) in [5, 5.41) is 22.8. The molecule has 2 fully saturated rings. The predicted octanol–water partition coefficient (Wildman–Crippen LogP) is 0.163. The standard InChI is InChI=1S/C29H40N4O7/c1-28(2,3)33(8)12-14-11-17(34)19-15(21(14)31(4)5)9-13-10-16-22(32(6)7)24(36)20(27(30)39)26(38)29(16,40)25(37)18(13)23(19)35/h11,13,16,18,20,22,34,40H,9-10,12H2,1-8H3,(H2,30,39)/t13-,16-,18?,20?,22-,29-/m0/s1. The number of amides is 1. The molecule has 0 heterocycles. The minimum atomic E-state index is -2.73. The predicted molar refractivity (Wildman–Crippen MR) is 147 cm³/mol. The molecule has 0 bridgehead atoms. The maximum Gasteiger partial charge on any atom is 0.235 e. The fraction of sp³-hybridized carbons (Fsp3) is 0.621. The molecular weight excluding hydrogens is 516 g/mol. The van der Waals surface area contributed by atoms with Crippen molar-refractivity contribution in [3.8, 4) is 5.75 Å². The number of carbonyl (C=O) groups is 5. The van der Waals surface area contributed by atoms with Crippen LogP contribution in [0, 0.1) is 23.7 Å². The number of likely N-dealkylation sites (N-methyl/N-ethyl adjacent to an activating group) is 1. The van der Waals surface area contributed by atoms with Gasteiger partial charge in [-0.25, -0.2) is 0 Å². The fourth-order valence-electron chi connectivity index (χ4n) is 6.90. The van der Waals surface area contributed by atoms with Gasteiger partial charge in [-0.3, -0.25) is 33.8 Å². The second-order valence-electron chi connectivity index (χ2n) is 13.0. The van der Waals surface area contributed by atoms with Crippen molar-refractivity contribution in [1.29, 1.82) is 0 Å². The largest absolute Gasteiger partial charge is 0.507 e. The number of Topliss-reactive ketones (excluding diaryl/α,β-unsaturated/α-hetero) is 4. The van der Waals surface area contributed by atoms with Crippen LogP contribution in [0.4, 0.5) is 5.69 Å². The first-order valence-electron chi connectivity index (χ1n) is 13.5. The molecule has 1 amide bonds. The molecule has 4 N–H and O–H groups in total. The van der Waals surface area contributed by atoms with E-state index in [0.29, 0.717) is 12.1 Å². The Morgan fingerprint density at radius 3 is 2.17 bits per heavy atom. The van der Waals surface area contributed by atoms with Gasteiger partial charge in [0.05, 0.1) is 17.5 Å². The zero-order chi connectivity index (χ0) is 30.2. The van der Waals surface area contributed by atoms with Gasteiger partial charge < -0.3 is 20.8 Å². The van der Waals surface area contributed by atoms with Crippen LogP contribution < -0.4 is 10.6 Å². The number of nitrogens with zero attached hydrogens (tertiary/aromatic N) is 3. The summed E-state index contributed by atoms with van der Waals surface area (Å²) in [5.74, 6) is -10.4. The molecule has 4 rings (SSSR count). The van der Waals surface area contributed by atoms with Gasteiger partial charge in [-0.15, -0.1) is 0 Å². The molecule has 0 saturated heterocycles. The van der Waals surface area contributed by atoms with Crippen molar-refractivity contribution < 1.29 is 34.2 Å². The summed E-state index contributed by atoms with van der Waals surface area (Å²) in [6.45, 7) is 6.70. The van der Waals surface area contributed by atoms with Crippen LogP contribution in [-0.4, -0.2) is 101 Å². The number of fused-ring (bicyclic) bond motifs is 3. The molecule has 0 aromatic heterocycles. The summed E-state index contributed by atoms with van der Waals surface area (Å²) in [5.41, 5.74) is 4.63. The first-order chi connectivity index (χ1) is 18.3. The second-order valence-corrected chi connectivity index (χ2v) is 13.0. The summed E-state index contributed by atoms with van der Waals surface area (Å²) in [6, 6.07) is 0.407. The van der Waals surface area contributed by atoms with Gasteiger partial charge in [0.2, 0.25) is 5.91 Å². The van der Waals surface area contributed by atoms with Crippen molar-refractivity contribution in [3.63, 3.8) is 0 Å². The lowest BCUT2D eigenvalue weighted by molar-refractivity contribution is -0.181. The first kappa shape index (κ1) is 29.8. The Morgan fingerprint density at radius 2 is 1.68 bits per heavy atom. The van der Waals surface area contributed by atoms with Crippen LogP contribution >= 0.6 is 0 Å². The number of carbonyl (C=O) groups excluding carboxylic acids is 5. The lowest BCUT2D eigenvalue weighted by Crippen LogP contribution is -2.74. The van der Waals surface area contributed by atoms with Gasteiger partial charge in [-0.1, -0.05) is 0 Å². The summed E-state index contributed by atoms with van der Waals surface area (Å²) in [7, 11) is 8.79. The summed E-state index contributed by atoms with van der Waals surface area (Å²) < 4.78 is 0. The van der Waals surface area contributed by atoms with Gasteiger partial charge >= 0.3 is 0 Å². The molecule has 11 heteroatoms. The number of anilines is 1. The topological polar surface area (TPSA) is 162 Å². The van der Waals surface area contributed by atoms with Gasteiger partial charge in [0, 0.05) is 37.8 Å². The second kappa shape index (κ2) is 9.74. The number of hydrogen-bond donors (Lipinski definition) is 3. The van der Waals surface area contributed by atoms with Crippen LogP contribution in [0.3, 0.4) is 0 Å². The fourth-order valence-corrected chi connectivity index (χ4v) is 6.90. The summed E-state index contributed by atoms with van der Waals surface area (Å²) >= 11 is 0. The molecule has 0 radical (unpaired) electrons. The van der Waals surface area contributed by atoms with Gasteiger partial charge in [-0.2, -0.15) is 0 Å². The third-order valence-electron chi connectivity index (χ3n) is 9.11. The number of rotatable bonds is 5. The van der Waals surface area contributed by atoms with Crippen molar-refractivity contribution in [2.45, 2.75) is 57.3 Å². The quantitative estimate of drug-likeness (QED) is 0.426. The first-order valence-corrected chi connectivity index (χ1v) is 13.5. The van der Waals surface area contributed by atoms with E-state index in [-0.39, 0.29) is 29.7 Å². The van der Waals surface area contributed by atoms with Crippen molar-refractivity contribution in [1.82, 2.24) is 9.80 Å². The highest BCUT2D eigenvalue weighted by molar-refractivity contribution is 6.32. The Kier molecular flexibility index (Phi) is 7.26. The number of phenols is 1. The van der Waals surface area contributed by atoms with Crippen molar-refractivity contribution in [2.75, 3.05) is 40.1 Å². The van der Waals surface area contributed by atoms with Crippen LogP contribution in [0.15, 0.2) is 6.07 Å². The van der Waals surface area contributed by atoms with E-state index in [1.54, 1.807) is 14.1 Å². The highest BCUT2D eigenvalue weighted by atomic mass is 16.3. The molecule has 1 aromatic carbocycles. The molecule has 11 nitrogen and oxygen atoms in total. The van der Waals surface area contributed by atoms with Crippen LogP contribution in [0.5, 0.6) is 5.75 Å². The smallest absolute Gasteiger partial charge is 0.235 e. The lowest BCUT2D eigenvalue weighted by atomic mass is 9.52. The molecule has 0 spiro atoms. The molecule has 0 aliphatic heterocycles. The number of nitrogens with two attached hydrogens (primary N) is 1. The normalized spacial score (nSPS) is 30.3.